The van der Waals surface area contributed by atoms with Crippen molar-refractivity contribution >= 4 is 0 Å². The first-order valence-corrected chi connectivity index (χ1v) is 4.57. The molecule has 3 heteroatoms. The standard InChI is InChI=1S/C10H16O3/c1-3-12-10(13-4-2)8-6-5-7-9(10)11/h5-9,11H,3-4H2,1-2H3. The largest absolute Gasteiger partial charge is 0.383 e. The molecule has 0 fully saturated rings. The van der Waals surface area contributed by atoms with E-state index in [1.165, 1.54) is 0 Å². The number of hydrogen-bond acceptors (Lipinski definition) is 3. The summed E-state index contributed by atoms with van der Waals surface area (Å²) < 4.78 is 10.8. The van der Waals surface area contributed by atoms with Gasteiger partial charge in [0.15, 0.2) is 0 Å². The molecule has 0 bridgehead atoms. The van der Waals surface area contributed by atoms with Gasteiger partial charge in [-0.1, -0.05) is 18.2 Å². The summed E-state index contributed by atoms with van der Waals surface area (Å²) in [4.78, 5) is 0. The molecule has 0 aromatic heterocycles. The average molecular weight is 184 g/mol. The summed E-state index contributed by atoms with van der Waals surface area (Å²) >= 11 is 0. The number of ether oxygens (including phenoxy) is 2. The van der Waals surface area contributed by atoms with E-state index in [1.807, 2.05) is 19.9 Å². The third kappa shape index (κ3) is 2.18. The molecule has 0 saturated carbocycles. The molecule has 1 aliphatic carbocycles. The van der Waals surface area contributed by atoms with Crippen LogP contribution in [0.25, 0.3) is 0 Å². The Morgan fingerprint density at radius 2 is 1.85 bits per heavy atom. The summed E-state index contributed by atoms with van der Waals surface area (Å²) in [5, 5.41) is 9.69. The summed E-state index contributed by atoms with van der Waals surface area (Å²) in [5.41, 5.74) is 0. The minimum atomic E-state index is -0.974. The normalized spacial score (nSPS) is 25.0. The van der Waals surface area contributed by atoms with E-state index in [-0.39, 0.29) is 0 Å². The van der Waals surface area contributed by atoms with Gasteiger partial charge < -0.3 is 14.6 Å². The van der Waals surface area contributed by atoms with Crippen LogP contribution < -0.4 is 0 Å². The molecule has 0 radical (unpaired) electrons. The van der Waals surface area contributed by atoms with Crippen molar-refractivity contribution in [3.8, 4) is 0 Å². The van der Waals surface area contributed by atoms with Gasteiger partial charge in [-0.15, -0.1) is 0 Å². The quantitative estimate of drug-likeness (QED) is 0.668. The molecule has 0 aromatic carbocycles. The summed E-state index contributed by atoms with van der Waals surface area (Å²) in [6.07, 6.45) is 6.27. The SMILES string of the molecule is CCOC1(OCC)C=CC=CC1O. The lowest BCUT2D eigenvalue weighted by molar-refractivity contribution is -0.238. The van der Waals surface area contributed by atoms with Gasteiger partial charge in [0.25, 0.3) is 0 Å². The molecule has 0 aromatic rings. The van der Waals surface area contributed by atoms with Crippen molar-refractivity contribution in [1.82, 2.24) is 0 Å². The molecule has 74 valence electrons. The van der Waals surface area contributed by atoms with Crippen LogP contribution in [0.5, 0.6) is 0 Å². The van der Waals surface area contributed by atoms with E-state index in [0.717, 1.165) is 0 Å². The van der Waals surface area contributed by atoms with Crippen molar-refractivity contribution in [1.29, 1.82) is 0 Å². The van der Waals surface area contributed by atoms with Crippen molar-refractivity contribution in [2.75, 3.05) is 13.2 Å². The van der Waals surface area contributed by atoms with Gasteiger partial charge in [-0.3, -0.25) is 0 Å². The van der Waals surface area contributed by atoms with Gasteiger partial charge in [-0.2, -0.15) is 0 Å². The van der Waals surface area contributed by atoms with E-state index in [1.54, 1.807) is 18.2 Å². The first-order valence-electron chi connectivity index (χ1n) is 4.57. The van der Waals surface area contributed by atoms with E-state index >= 15 is 0 Å². The van der Waals surface area contributed by atoms with Crippen molar-refractivity contribution in [3.05, 3.63) is 24.3 Å². The number of rotatable bonds is 4. The Hall–Kier alpha value is -0.640. The van der Waals surface area contributed by atoms with Gasteiger partial charge in [0.1, 0.15) is 6.10 Å². The molecule has 13 heavy (non-hydrogen) atoms. The molecule has 0 aliphatic heterocycles. The molecule has 0 heterocycles. The molecule has 1 atom stereocenters. The van der Waals surface area contributed by atoms with Gasteiger partial charge in [0.2, 0.25) is 5.79 Å². The predicted molar refractivity (Wildman–Crippen MR) is 50.3 cm³/mol. The summed E-state index contributed by atoms with van der Waals surface area (Å²) in [7, 11) is 0. The van der Waals surface area contributed by atoms with E-state index in [0.29, 0.717) is 13.2 Å². The van der Waals surface area contributed by atoms with E-state index in [9.17, 15) is 5.11 Å². The maximum atomic E-state index is 9.69. The Morgan fingerprint density at radius 1 is 1.23 bits per heavy atom. The molecule has 1 aliphatic rings. The van der Waals surface area contributed by atoms with E-state index < -0.39 is 11.9 Å². The second-order valence-corrected chi connectivity index (χ2v) is 2.78. The second-order valence-electron chi connectivity index (χ2n) is 2.78. The van der Waals surface area contributed by atoms with Crippen LogP contribution in [0.1, 0.15) is 13.8 Å². The lowest BCUT2D eigenvalue weighted by Gasteiger charge is -2.34. The fraction of sp³-hybridized carbons (Fsp3) is 0.600. The molecule has 0 saturated heterocycles. The predicted octanol–water partition coefficient (Wildman–Crippen LogP) is 1.24. The van der Waals surface area contributed by atoms with Crippen LogP contribution in [-0.2, 0) is 9.47 Å². The first-order chi connectivity index (χ1) is 6.25. The molecule has 1 rings (SSSR count). The van der Waals surface area contributed by atoms with Crippen LogP contribution in [0.3, 0.4) is 0 Å². The van der Waals surface area contributed by atoms with Crippen molar-refractivity contribution in [2.45, 2.75) is 25.7 Å². The van der Waals surface area contributed by atoms with Crippen LogP contribution in [-0.4, -0.2) is 30.2 Å². The maximum Gasteiger partial charge on any atom is 0.218 e. The second kappa shape index (κ2) is 4.56. The first kappa shape index (κ1) is 10.4. The van der Waals surface area contributed by atoms with Crippen LogP contribution in [0, 0.1) is 0 Å². The Morgan fingerprint density at radius 3 is 2.31 bits per heavy atom. The van der Waals surface area contributed by atoms with E-state index in [4.69, 9.17) is 9.47 Å². The Labute approximate surface area is 78.7 Å². The Balaban J connectivity index is 2.75. The van der Waals surface area contributed by atoms with Crippen molar-refractivity contribution < 1.29 is 14.6 Å². The molecule has 0 spiro atoms. The summed E-state index contributed by atoms with van der Waals surface area (Å²) in [5.74, 6) is -0.974. The molecule has 3 nitrogen and oxygen atoms in total. The zero-order valence-electron chi connectivity index (χ0n) is 8.06. The highest BCUT2D eigenvalue weighted by Gasteiger charge is 2.36. The van der Waals surface area contributed by atoms with Crippen LogP contribution in [0.2, 0.25) is 0 Å². The lowest BCUT2D eigenvalue weighted by atomic mass is 10.0. The number of aliphatic hydroxyl groups is 1. The van der Waals surface area contributed by atoms with E-state index in [2.05, 4.69) is 0 Å². The zero-order valence-corrected chi connectivity index (χ0v) is 8.06. The third-order valence-corrected chi connectivity index (χ3v) is 1.89. The van der Waals surface area contributed by atoms with Gasteiger partial charge in [-0.25, -0.2) is 0 Å². The molecular weight excluding hydrogens is 168 g/mol. The molecule has 1 N–H and O–H groups in total. The van der Waals surface area contributed by atoms with Crippen molar-refractivity contribution in [3.63, 3.8) is 0 Å². The minimum Gasteiger partial charge on any atom is -0.383 e. The summed E-state index contributed by atoms with van der Waals surface area (Å²) in [6, 6.07) is 0. The zero-order chi connectivity index (χ0) is 9.73. The maximum absolute atomic E-state index is 9.69. The fourth-order valence-electron chi connectivity index (χ4n) is 1.35. The smallest absolute Gasteiger partial charge is 0.218 e. The van der Waals surface area contributed by atoms with Gasteiger partial charge in [-0.05, 0) is 19.9 Å². The highest BCUT2D eigenvalue weighted by Crippen LogP contribution is 2.24. The molecule has 1 unspecified atom stereocenters. The lowest BCUT2D eigenvalue weighted by Crippen LogP contribution is -2.45. The Bertz CT molecular complexity index is 202. The minimum absolute atomic E-state index is 0.509. The Kier molecular flexibility index (Phi) is 3.66. The van der Waals surface area contributed by atoms with Crippen LogP contribution in [0.15, 0.2) is 24.3 Å². The van der Waals surface area contributed by atoms with Gasteiger partial charge >= 0.3 is 0 Å². The highest BCUT2D eigenvalue weighted by molar-refractivity contribution is 5.20. The monoisotopic (exact) mass is 184 g/mol. The number of hydrogen-bond donors (Lipinski definition) is 1. The number of aliphatic hydroxyl groups excluding tert-OH is 1. The average Bonchev–Trinajstić information content (AvgIpc) is 2.11. The topological polar surface area (TPSA) is 38.7 Å². The summed E-state index contributed by atoms with van der Waals surface area (Å²) in [6.45, 7) is 4.77. The number of allylic oxidation sites excluding steroid dienone is 2. The molecular formula is C10H16O3. The van der Waals surface area contributed by atoms with Gasteiger partial charge in [0, 0.05) is 13.2 Å². The van der Waals surface area contributed by atoms with Crippen LogP contribution in [0.4, 0.5) is 0 Å². The highest BCUT2D eigenvalue weighted by atomic mass is 16.7. The van der Waals surface area contributed by atoms with Crippen LogP contribution >= 0.6 is 0 Å². The van der Waals surface area contributed by atoms with Crippen molar-refractivity contribution in [2.24, 2.45) is 0 Å². The molecule has 0 amide bonds. The van der Waals surface area contributed by atoms with Gasteiger partial charge in [0.05, 0.1) is 0 Å². The fourth-order valence-corrected chi connectivity index (χ4v) is 1.35. The third-order valence-electron chi connectivity index (χ3n) is 1.89.